The van der Waals surface area contributed by atoms with Crippen LogP contribution in [0.1, 0.15) is 43.9 Å². The number of aliphatic hydroxyl groups is 1. The molecule has 1 aromatic carbocycles. The van der Waals surface area contributed by atoms with Crippen molar-refractivity contribution in [2.24, 2.45) is 5.92 Å². The van der Waals surface area contributed by atoms with Crippen molar-refractivity contribution in [1.82, 2.24) is 5.32 Å². The summed E-state index contributed by atoms with van der Waals surface area (Å²) in [7, 11) is 0. The summed E-state index contributed by atoms with van der Waals surface area (Å²) in [4.78, 5) is 12.5. The summed E-state index contributed by atoms with van der Waals surface area (Å²) >= 11 is 1.64. The summed E-state index contributed by atoms with van der Waals surface area (Å²) in [5.74, 6) is 1.60. The van der Waals surface area contributed by atoms with Crippen molar-refractivity contribution in [3.63, 3.8) is 0 Å². The van der Waals surface area contributed by atoms with Gasteiger partial charge in [0.25, 0.3) is 5.91 Å². The monoisotopic (exact) mass is 307 g/mol. The van der Waals surface area contributed by atoms with E-state index in [-0.39, 0.29) is 11.9 Å². The van der Waals surface area contributed by atoms with Crippen molar-refractivity contribution in [1.29, 1.82) is 0 Å². The first-order valence-electron chi connectivity index (χ1n) is 7.59. The predicted molar refractivity (Wildman–Crippen MR) is 88.4 cm³/mol. The van der Waals surface area contributed by atoms with E-state index in [0.717, 1.165) is 17.7 Å². The molecule has 2 N–H and O–H groups in total. The predicted octanol–water partition coefficient (Wildman–Crippen LogP) is 3.07. The first kappa shape index (κ1) is 16.4. The molecule has 1 fully saturated rings. The minimum absolute atomic E-state index is 0.0340. The highest BCUT2D eigenvalue weighted by Crippen LogP contribution is 2.30. The summed E-state index contributed by atoms with van der Waals surface area (Å²) in [5, 5.41) is 13.5. The van der Waals surface area contributed by atoms with Gasteiger partial charge in [-0.3, -0.25) is 4.79 Å². The fourth-order valence-electron chi connectivity index (χ4n) is 2.74. The van der Waals surface area contributed by atoms with Crippen LogP contribution in [0.4, 0.5) is 0 Å². The van der Waals surface area contributed by atoms with E-state index >= 15 is 0 Å². The molecule has 2 unspecified atom stereocenters. The van der Waals surface area contributed by atoms with Crippen LogP contribution < -0.4 is 5.32 Å². The van der Waals surface area contributed by atoms with E-state index < -0.39 is 5.60 Å². The van der Waals surface area contributed by atoms with E-state index in [0.29, 0.717) is 18.1 Å². The SMILES string of the molecule is Cc1ccccc1C(CC(C)C)NC(=O)C1(O)CCSC1. The molecule has 4 heteroatoms. The Kier molecular flexibility index (Phi) is 5.33. The second-order valence-electron chi connectivity index (χ2n) is 6.35. The Bertz CT molecular complexity index is 495. The molecule has 1 aromatic rings. The van der Waals surface area contributed by atoms with Crippen LogP contribution in [0.3, 0.4) is 0 Å². The molecule has 1 amide bonds. The molecule has 0 spiro atoms. The molecule has 0 radical (unpaired) electrons. The molecule has 116 valence electrons. The summed E-state index contributed by atoms with van der Waals surface area (Å²) in [6.45, 7) is 6.37. The molecule has 0 bridgehead atoms. The third-order valence-electron chi connectivity index (χ3n) is 4.00. The number of thioether (sulfide) groups is 1. The minimum Gasteiger partial charge on any atom is -0.379 e. The molecule has 1 aliphatic rings. The Balaban J connectivity index is 2.17. The van der Waals surface area contributed by atoms with Crippen molar-refractivity contribution < 1.29 is 9.90 Å². The van der Waals surface area contributed by atoms with Crippen molar-refractivity contribution in [3.8, 4) is 0 Å². The topological polar surface area (TPSA) is 49.3 Å². The molecule has 1 heterocycles. The molecule has 3 nitrogen and oxygen atoms in total. The van der Waals surface area contributed by atoms with E-state index in [1.165, 1.54) is 5.56 Å². The van der Waals surface area contributed by atoms with Gasteiger partial charge in [-0.25, -0.2) is 0 Å². The molecular weight excluding hydrogens is 282 g/mol. The molecule has 0 saturated carbocycles. The fourth-order valence-corrected chi connectivity index (χ4v) is 3.98. The highest BCUT2D eigenvalue weighted by molar-refractivity contribution is 7.99. The Labute approximate surface area is 131 Å². The molecular formula is C17H25NO2S. The normalized spacial score (nSPS) is 23.3. The summed E-state index contributed by atoms with van der Waals surface area (Å²) in [5.41, 5.74) is 1.13. The highest BCUT2D eigenvalue weighted by atomic mass is 32.2. The van der Waals surface area contributed by atoms with Crippen LogP contribution in [-0.2, 0) is 4.79 Å². The van der Waals surface area contributed by atoms with Crippen LogP contribution in [0.5, 0.6) is 0 Å². The second kappa shape index (κ2) is 6.84. The van der Waals surface area contributed by atoms with Gasteiger partial charge in [0.2, 0.25) is 0 Å². The van der Waals surface area contributed by atoms with Gasteiger partial charge in [-0.15, -0.1) is 0 Å². The number of rotatable bonds is 5. The molecule has 1 saturated heterocycles. The number of nitrogens with one attached hydrogen (secondary N) is 1. The van der Waals surface area contributed by atoms with Crippen LogP contribution in [0.15, 0.2) is 24.3 Å². The van der Waals surface area contributed by atoms with E-state index in [2.05, 4.69) is 38.2 Å². The van der Waals surface area contributed by atoms with Gasteiger partial charge >= 0.3 is 0 Å². The Hall–Kier alpha value is -1.000. The van der Waals surface area contributed by atoms with Crippen LogP contribution in [0, 0.1) is 12.8 Å². The van der Waals surface area contributed by atoms with E-state index in [1.807, 2.05) is 12.1 Å². The zero-order valence-corrected chi connectivity index (χ0v) is 13.9. The van der Waals surface area contributed by atoms with Gasteiger partial charge in [0.05, 0.1) is 6.04 Å². The average molecular weight is 307 g/mol. The Morgan fingerprint density at radius 2 is 2.14 bits per heavy atom. The molecule has 2 rings (SSSR count). The van der Waals surface area contributed by atoms with Crippen molar-refractivity contribution in [2.75, 3.05) is 11.5 Å². The Morgan fingerprint density at radius 3 is 2.71 bits per heavy atom. The average Bonchev–Trinajstić information content (AvgIpc) is 2.86. The lowest BCUT2D eigenvalue weighted by Gasteiger charge is -2.27. The number of benzene rings is 1. The van der Waals surface area contributed by atoms with Crippen LogP contribution in [0.25, 0.3) is 0 Å². The lowest BCUT2D eigenvalue weighted by atomic mass is 9.92. The van der Waals surface area contributed by atoms with Crippen LogP contribution >= 0.6 is 11.8 Å². The number of amides is 1. The third kappa shape index (κ3) is 4.01. The Morgan fingerprint density at radius 1 is 1.43 bits per heavy atom. The van der Waals surface area contributed by atoms with Gasteiger partial charge < -0.3 is 10.4 Å². The van der Waals surface area contributed by atoms with Gasteiger partial charge in [0.1, 0.15) is 0 Å². The highest BCUT2D eigenvalue weighted by Gasteiger charge is 2.40. The maximum Gasteiger partial charge on any atom is 0.253 e. The summed E-state index contributed by atoms with van der Waals surface area (Å²) in [6.07, 6.45) is 1.42. The molecule has 21 heavy (non-hydrogen) atoms. The first-order chi connectivity index (χ1) is 9.92. The quantitative estimate of drug-likeness (QED) is 0.879. The van der Waals surface area contributed by atoms with Gasteiger partial charge in [0, 0.05) is 5.75 Å². The van der Waals surface area contributed by atoms with Crippen molar-refractivity contribution >= 4 is 17.7 Å². The lowest BCUT2D eigenvalue weighted by Crippen LogP contribution is -2.48. The van der Waals surface area contributed by atoms with Crippen molar-refractivity contribution in [3.05, 3.63) is 35.4 Å². The van der Waals surface area contributed by atoms with Gasteiger partial charge in [-0.1, -0.05) is 38.1 Å². The maximum atomic E-state index is 12.5. The lowest BCUT2D eigenvalue weighted by molar-refractivity contribution is -0.138. The number of hydrogen-bond acceptors (Lipinski definition) is 3. The molecule has 1 aliphatic heterocycles. The van der Waals surface area contributed by atoms with E-state index in [4.69, 9.17) is 0 Å². The number of aryl methyl sites for hydroxylation is 1. The molecule has 0 aromatic heterocycles. The zero-order valence-electron chi connectivity index (χ0n) is 13.1. The van der Waals surface area contributed by atoms with E-state index in [9.17, 15) is 9.90 Å². The summed E-state index contributed by atoms with van der Waals surface area (Å²) in [6, 6.07) is 8.11. The molecule has 2 atom stereocenters. The number of carbonyl (C=O) groups is 1. The number of carbonyl (C=O) groups excluding carboxylic acids is 1. The third-order valence-corrected chi connectivity index (χ3v) is 5.17. The smallest absolute Gasteiger partial charge is 0.253 e. The summed E-state index contributed by atoms with van der Waals surface area (Å²) < 4.78 is 0. The largest absolute Gasteiger partial charge is 0.379 e. The minimum atomic E-state index is -1.19. The maximum absolute atomic E-state index is 12.5. The fraction of sp³-hybridized carbons (Fsp3) is 0.588. The molecule has 0 aliphatic carbocycles. The van der Waals surface area contributed by atoms with Crippen LogP contribution in [0.2, 0.25) is 0 Å². The van der Waals surface area contributed by atoms with Gasteiger partial charge in [0.15, 0.2) is 5.60 Å². The second-order valence-corrected chi connectivity index (χ2v) is 7.45. The van der Waals surface area contributed by atoms with Gasteiger partial charge in [-0.2, -0.15) is 11.8 Å². The van der Waals surface area contributed by atoms with Gasteiger partial charge in [-0.05, 0) is 42.6 Å². The standard InChI is InChI=1S/C17H25NO2S/c1-12(2)10-15(14-7-5-4-6-13(14)3)18-16(19)17(20)8-9-21-11-17/h4-7,12,15,20H,8-11H2,1-3H3,(H,18,19). The zero-order chi connectivity index (χ0) is 15.5. The number of hydrogen-bond donors (Lipinski definition) is 2. The van der Waals surface area contributed by atoms with Crippen LogP contribution in [-0.4, -0.2) is 28.1 Å². The van der Waals surface area contributed by atoms with Crippen molar-refractivity contribution in [2.45, 2.75) is 45.3 Å². The first-order valence-corrected chi connectivity index (χ1v) is 8.74. The van der Waals surface area contributed by atoms with E-state index in [1.54, 1.807) is 11.8 Å².